The van der Waals surface area contributed by atoms with Gasteiger partial charge >= 0.3 is 0 Å². The average Bonchev–Trinajstić information content (AvgIpc) is 3.46. The van der Waals surface area contributed by atoms with Gasteiger partial charge in [0.2, 0.25) is 5.91 Å². The minimum Gasteiger partial charge on any atom is -0.494 e. The number of rotatable bonds is 6. The Balaban J connectivity index is 1.14. The maximum absolute atomic E-state index is 14.4. The molecular formula is C31H34FN7O3. The number of carbonyl (C=O) groups excluding carboxylic acids is 2. The van der Waals surface area contributed by atoms with Crippen molar-refractivity contribution in [2.45, 2.75) is 19.8 Å². The standard InChI is InChI=1S/C31H34FN7O3/c1-20-17-23(4-5-24(20)31(41)37-12-7-21(8-13-37)30(40)38-14-9-33-10-15-38)36-28-29-35-19-26(39(29)16-11-34-28)22-3-6-27(42-2)25(32)18-22/h3-6,11,16-19,21,33H,7-10,12-15H2,1-2H3,(H,34,36). The Morgan fingerprint density at radius 2 is 1.81 bits per heavy atom. The number of amides is 2. The van der Waals surface area contributed by atoms with E-state index in [0.717, 1.165) is 37.4 Å². The largest absolute Gasteiger partial charge is 0.494 e. The number of imidazole rings is 1. The Labute approximate surface area is 243 Å². The van der Waals surface area contributed by atoms with Gasteiger partial charge in [0.25, 0.3) is 5.91 Å². The number of anilines is 2. The van der Waals surface area contributed by atoms with Crippen molar-refractivity contribution < 1.29 is 18.7 Å². The number of likely N-dealkylation sites (tertiary alicyclic amines) is 1. The zero-order chi connectivity index (χ0) is 29.2. The highest BCUT2D eigenvalue weighted by Crippen LogP contribution is 2.29. The van der Waals surface area contributed by atoms with Crippen molar-refractivity contribution in [3.05, 3.63) is 71.9 Å². The molecule has 0 unspecified atom stereocenters. The third-order valence-corrected chi connectivity index (χ3v) is 8.16. The van der Waals surface area contributed by atoms with Gasteiger partial charge in [0, 0.05) is 74.4 Å². The van der Waals surface area contributed by atoms with Crippen molar-refractivity contribution in [1.82, 2.24) is 29.5 Å². The zero-order valence-corrected chi connectivity index (χ0v) is 23.8. The lowest BCUT2D eigenvalue weighted by molar-refractivity contribution is -0.137. The van der Waals surface area contributed by atoms with Gasteiger partial charge in [-0.1, -0.05) is 0 Å². The number of hydrogen-bond donors (Lipinski definition) is 2. The van der Waals surface area contributed by atoms with E-state index >= 15 is 0 Å². The van der Waals surface area contributed by atoms with Crippen molar-refractivity contribution in [2.75, 3.05) is 51.7 Å². The molecule has 2 aromatic carbocycles. The maximum Gasteiger partial charge on any atom is 0.254 e. The number of aryl methyl sites for hydroxylation is 1. The van der Waals surface area contributed by atoms with Crippen LogP contribution in [0.4, 0.5) is 15.9 Å². The molecule has 0 aliphatic carbocycles. The summed E-state index contributed by atoms with van der Waals surface area (Å²) in [5.74, 6) is 0.459. The third-order valence-electron chi connectivity index (χ3n) is 8.16. The lowest BCUT2D eigenvalue weighted by Crippen LogP contribution is -2.50. The summed E-state index contributed by atoms with van der Waals surface area (Å²) in [6.07, 6.45) is 6.49. The molecule has 2 aromatic heterocycles. The molecule has 6 rings (SSSR count). The van der Waals surface area contributed by atoms with Crippen LogP contribution in [0, 0.1) is 18.7 Å². The smallest absolute Gasteiger partial charge is 0.254 e. The number of hydrogen-bond acceptors (Lipinski definition) is 7. The number of halogens is 1. The summed E-state index contributed by atoms with van der Waals surface area (Å²) in [4.78, 5) is 39.1. The molecule has 2 aliphatic rings. The molecule has 4 heterocycles. The zero-order valence-electron chi connectivity index (χ0n) is 23.8. The minimum absolute atomic E-state index is 0.0121. The summed E-state index contributed by atoms with van der Waals surface area (Å²) in [5, 5.41) is 6.60. The molecule has 10 nitrogen and oxygen atoms in total. The number of carbonyl (C=O) groups is 2. The fourth-order valence-corrected chi connectivity index (χ4v) is 5.81. The number of fused-ring (bicyclic) bond motifs is 1. The Morgan fingerprint density at radius 3 is 2.52 bits per heavy atom. The Kier molecular flexibility index (Phi) is 7.75. The molecule has 2 amide bonds. The molecule has 0 atom stereocenters. The van der Waals surface area contributed by atoms with Crippen LogP contribution in [0.1, 0.15) is 28.8 Å². The van der Waals surface area contributed by atoms with Crippen LogP contribution < -0.4 is 15.4 Å². The van der Waals surface area contributed by atoms with Crippen LogP contribution in [0.5, 0.6) is 5.75 Å². The number of nitrogens with zero attached hydrogens (tertiary/aromatic N) is 5. The van der Waals surface area contributed by atoms with E-state index in [2.05, 4.69) is 20.6 Å². The predicted octanol–water partition coefficient (Wildman–Crippen LogP) is 3.88. The second-order valence-electron chi connectivity index (χ2n) is 10.8. The first-order valence-corrected chi connectivity index (χ1v) is 14.3. The van der Waals surface area contributed by atoms with E-state index in [-0.39, 0.29) is 23.5 Å². The summed E-state index contributed by atoms with van der Waals surface area (Å²) >= 11 is 0. The number of methoxy groups -OCH3 is 1. The SMILES string of the molecule is COc1ccc(-c2cnc3c(Nc4ccc(C(=O)N5CCC(C(=O)N6CCNCC6)CC5)c(C)c4)nccn23)cc1F. The van der Waals surface area contributed by atoms with Crippen LogP contribution in [0.15, 0.2) is 55.0 Å². The second-order valence-corrected chi connectivity index (χ2v) is 10.8. The van der Waals surface area contributed by atoms with E-state index in [1.54, 1.807) is 30.7 Å². The van der Waals surface area contributed by atoms with Gasteiger partial charge < -0.3 is 25.2 Å². The van der Waals surface area contributed by atoms with Crippen molar-refractivity contribution in [3.8, 4) is 17.0 Å². The van der Waals surface area contributed by atoms with Gasteiger partial charge in [0.15, 0.2) is 23.0 Å². The van der Waals surface area contributed by atoms with Crippen molar-refractivity contribution in [2.24, 2.45) is 5.92 Å². The van der Waals surface area contributed by atoms with Gasteiger partial charge in [-0.25, -0.2) is 14.4 Å². The Bertz CT molecular complexity index is 1620. The maximum atomic E-state index is 14.4. The number of piperazine rings is 1. The van der Waals surface area contributed by atoms with Crippen LogP contribution in [0.3, 0.4) is 0 Å². The van der Waals surface area contributed by atoms with Crippen LogP contribution in [-0.4, -0.2) is 82.4 Å². The van der Waals surface area contributed by atoms with Crippen LogP contribution in [-0.2, 0) is 4.79 Å². The van der Waals surface area contributed by atoms with Gasteiger partial charge in [0.1, 0.15) is 0 Å². The van der Waals surface area contributed by atoms with Crippen LogP contribution in [0.25, 0.3) is 16.9 Å². The van der Waals surface area contributed by atoms with E-state index in [0.29, 0.717) is 54.2 Å². The van der Waals surface area contributed by atoms with Gasteiger partial charge in [-0.3, -0.25) is 14.0 Å². The molecule has 2 N–H and O–H groups in total. The van der Waals surface area contributed by atoms with Crippen LogP contribution in [0.2, 0.25) is 0 Å². The summed E-state index contributed by atoms with van der Waals surface area (Å²) in [6, 6.07) is 10.4. The fraction of sp³-hybridized carbons (Fsp3) is 0.355. The third kappa shape index (κ3) is 5.39. The molecule has 4 aromatic rings. The fourth-order valence-electron chi connectivity index (χ4n) is 5.81. The lowest BCUT2D eigenvalue weighted by atomic mass is 9.94. The monoisotopic (exact) mass is 571 g/mol. The first kappa shape index (κ1) is 27.6. The van der Waals surface area contributed by atoms with Gasteiger partial charge in [-0.15, -0.1) is 0 Å². The summed E-state index contributed by atoms with van der Waals surface area (Å²) in [5.41, 5.74) is 4.21. The predicted molar refractivity (Wildman–Crippen MR) is 157 cm³/mol. The highest BCUT2D eigenvalue weighted by atomic mass is 19.1. The molecule has 2 saturated heterocycles. The number of piperidine rings is 1. The number of ether oxygens (including phenoxy) is 1. The highest BCUT2D eigenvalue weighted by molar-refractivity contribution is 5.96. The first-order chi connectivity index (χ1) is 20.4. The van der Waals surface area contributed by atoms with Crippen LogP contribution >= 0.6 is 0 Å². The summed E-state index contributed by atoms with van der Waals surface area (Å²) in [6.45, 7) is 6.26. The summed E-state index contributed by atoms with van der Waals surface area (Å²) < 4.78 is 21.2. The quantitative estimate of drug-likeness (QED) is 0.362. The molecule has 0 bridgehead atoms. The number of aromatic nitrogens is 3. The van der Waals surface area contributed by atoms with E-state index in [1.165, 1.54) is 13.2 Å². The molecule has 2 aliphatic heterocycles. The average molecular weight is 572 g/mol. The van der Waals surface area contributed by atoms with E-state index < -0.39 is 5.82 Å². The van der Waals surface area contributed by atoms with Crippen molar-refractivity contribution >= 4 is 29.0 Å². The number of nitrogens with one attached hydrogen (secondary N) is 2. The molecular weight excluding hydrogens is 537 g/mol. The highest BCUT2D eigenvalue weighted by Gasteiger charge is 2.31. The molecule has 2 fully saturated rings. The van der Waals surface area contributed by atoms with Crippen molar-refractivity contribution in [3.63, 3.8) is 0 Å². The Morgan fingerprint density at radius 1 is 1.02 bits per heavy atom. The molecule has 42 heavy (non-hydrogen) atoms. The van der Waals surface area contributed by atoms with Gasteiger partial charge in [-0.2, -0.15) is 0 Å². The molecule has 0 saturated carbocycles. The molecule has 0 radical (unpaired) electrons. The molecule has 218 valence electrons. The normalized spacial score (nSPS) is 16.1. The first-order valence-electron chi connectivity index (χ1n) is 14.3. The molecule has 11 heteroatoms. The van der Waals surface area contributed by atoms with Gasteiger partial charge in [0.05, 0.1) is 19.0 Å². The summed E-state index contributed by atoms with van der Waals surface area (Å²) in [7, 11) is 1.43. The lowest BCUT2D eigenvalue weighted by Gasteiger charge is -2.36. The number of benzene rings is 2. The minimum atomic E-state index is -0.449. The van der Waals surface area contributed by atoms with E-state index in [1.807, 2.05) is 39.3 Å². The molecule has 0 spiro atoms. The van der Waals surface area contributed by atoms with E-state index in [9.17, 15) is 14.0 Å². The van der Waals surface area contributed by atoms with Crippen molar-refractivity contribution in [1.29, 1.82) is 0 Å². The Hall–Kier alpha value is -4.51. The van der Waals surface area contributed by atoms with Gasteiger partial charge in [-0.05, 0) is 61.7 Å². The topological polar surface area (TPSA) is 104 Å². The van der Waals surface area contributed by atoms with E-state index in [4.69, 9.17) is 4.74 Å². The second kappa shape index (κ2) is 11.8.